The monoisotopic (exact) mass is 281 g/mol. The smallest absolute Gasteiger partial charge is 0.242 e. The molecule has 2 atom stereocenters. The Bertz CT molecular complexity index is 627. The van der Waals surface area contributed by atoms with E-state index in [1.807, 2.05) is 37.3 Å². The van der Waals surface area contributed by atoms with E-state index in [4.69, 9.17) is 0 Å². The van der Waals surface area contributed by atoms with E-state index in [9.17, 15) is 4.79 Å². The first kappa shape index (κ1) is 13.8. The van der Waals surface area contributed by atoms with E-state index in [2.05, 4.69) is 21.7 Å². The normalized spacial score (nSPS) is 18.6. The Morgan fingerprint density at radius 3 is 3.00 bits per heavy atom. The topological polar surface area (TPSA) is 54.0 Å². The summed E-state index contributed by atoms with van der Waals surface area (Å²) >= 11 is 0. The average Bonchev–Trinajstić information content (AvgIpc) is 2.55. The highest BCUT2D eigenvalue weighted by molar-refractivity contribution is 5.84. The van der Waals surface area contributed by atoms with Crippen LogP contribution in [0.5, 0.6) is 0 Å². The van der Waals surface area contributed by atoms with Crippen molar-refractivity contribution in [1.29, 1.82) is 0 Å². The van der Waals surface area contributed by atoms with Crippen LogP contribution in [0.1, 0.15) is 35.7 Å². The summed E-state index contributed by atoms with van der Waals surface area (Å²) in [6.07, 6.45) is 4.49. The number of hydrogen-bond donors (Lipinski definition) is 2. The fourth-order valence-corrected chi connectivity index (χ4v) is 2.75. The second-order valence-corrected chi connectivity index (χ2v) is 5.35. The minimum atomic E-state index is -0.269. The standard InChI is InChI=1S/C17H19N3O/c1-12(14-6-4-9-18-11-14)20-17(21)16-15-7-3-2-5-13(15)8-10-19-16/h2-7,9,11-12,16,19H,8,10H2,1H3,(H,20,21)/t12-,16?/m1/s1. The third-order valence-corrected chi connectivity index (χ3v) is 3.91. The van der Waals surface area contributed by atoms with Crippen LogP contribution in [0.3, 0.4) is 0 Å². The molecule has 0 saturated carbocycles. The van der Waals surface area contributed by atoms with Crippen molar-refractivity contribution in [2.24, 2.45) is 0 Å². The van der Waals surface area contributed by atoms with E-state index in [0.717, 1.165) is 24.1 Å². The van der Waals surface area contributed by atoms with Crippen LogP contribution >= 0.6 is 0 Å². The summed E-state index contributed by atoms with van der Waals surface area (Å²) in [5, 5.41) is 6.37. The highest BCUT2D eigenvalue weighted by Gasteiger charge is 2.26. The molecule has 0 fully saturated rings. The van der Waals surface area contributed by atoms with Crippen LogP contribution in [0.4, 0.5) is 0 Å². The second kappa shape index (κ2) is 6.06. The van der Waals surface area contributed by atoms with Gasteiger partial charge in [-0.1, -0.05) is 30.3 Å². The summed E-state index contributed by atoms with van der Waals surface area (Å²) in [5.74, 6) is 0.0125. The van der Waals surface area contributed by atoms with Crippen molar-refractivity contribution in [1.82, 2.24) is 15.6 Å². The molecule has 0 saturated heterocycles. The summed E-state index contributed by atoms with van der Waals surface area (Å²) in [6.45, 7) is 2.81. The van der Waals surface area contributed by atoms with Crippen LogP contribution in [-0.2, 0) is 11.2 Å². The molecule has 4 nitrogen and oxygen atoms in total. The van der Waals surface area contributed by atoms with Gasteiger partial charge in [0.05, 0.1) is 6.04 Å². The van der Waals surface area contributed by atoms with E-state index in [1.54, 1.807) is 12.4 Å². The lowest BCUT2D eigenvalue weighted by Gasteiger charge is -2.27. The number of nitrogens with zero attached hydrogens (tertiary/aromatic N) is 1. The van der Waals surface area contributed by atoms with Gasteiger partial charge < -0.3 is 10.6 Å². The molecule has 1 unspecified atom stereocenters. The fraction of sp³-hybridized carbons (Fsp3) is 0.294. The van der Waals surface area contributed by atoms with E-state index in [0.29, 0.717) is 0 Å². The molecular formula is C17H19N3O. The molecule has 1 aliphatic heterocycles. The molecule has 2 aromatic rings. The first-order chi connectivity index (χ1) is 10.3. The molecular weight excluding hydrogens is 262 g/mol. The molecule has 2 heterocycles. The molecule has 21 heavy (non-hydrogen) atoms. The minimum absolute atomic E-state index is 0.0125. The number of hydrogen-bond acceptors (Lipinski definition) is 3. The molecule has 3 rings (SSSR count). The maximum Gasteiger partial charge on any atom is 0.242 e. The maximum absolute atomic E-state index is 12.6. The van der Waals surface area contributed by atoms with Crippen molar-refractivity contribution in [2.45, 2.75) is 25.4 Å². The summed E-state index contributed by atoms with van der Waals surface area (Å²) in [4.78, 5) is 16.6. The number of pyridine rings is 1. The van der Waals surface area contributed by atoms with Crippen LogP contribution in [0, 0.1) is 0 Å². The number of aromatic nitrogens is 1. The lowest BCUT2D eigenvalue weighted by Crippen LogP contribution is -2.42. The molecule has 0 spiro atoms. The number of rotatable bonds is 3. The molecule has 0 aliphatic carbocycles. The highest BCUT2D eigenvalue weighted by Crippen LogP contribution is 2.23. The molecule has 0 bridgehead atoms. The van der Waals surface area contributed by atoms with Gasteiger partial charge in [-0.05, 0) is 36.1 Å². The molecule has 0 radical (unpaired) electrons. The zero-order chi connectivity index (χ0) is 14.7. The fourth-order valence-electron chi connectivity index (χ4n) is 2.75. The lowest BCUT2D eigenvalue weighted by atomic mass is 9.93. The first-order valence-corrected chi connectivity index (χ1v) is 7.27. The van der Waals surface area contributed by atoms with Gasteiger partial charge in [0.15, 0.2) is 0 Å². The van der Waals surface area contributed by atoms with Gasteiger partial charge in [0.25, 0.3) is 0 Å². The molecule has 4 heteroatoms. The predicted molar refractivity (Wildman–Crippen MR) is 81.7 cm³/mol. The summed E-state index contributed by atoms with van der Waals surface area (Å²) in [6, 6.07) is 11.7. The Morgan fingerprint density at radius 2 is 2.19 bits per heavy atom. The van der Waals surface area contributed by atoms with Crippen LogP contribution in [0.15, 0.2) is 48.8 Å². The van der Waals surface area contributed by atoms with Crippen molar-refractivity contribution in [2.75, 3.05) is 6.54 Å². The first-order valence-electron chi connectivity index (χ1n) is 7.27. The van der Waals surface area contributed by atoms with Gasteiger partial charge in [0.2, 0.25) is 5.91 Å². The molecule has 1 aliphatic rings. The number of amides is 1. The molecule has 1 amide bonds. The van der Waals surface area contributed by atoms with Crippen molar-refractivity contribution in [3.63, 3.8) is 0 Å². The quantitative estimate of drug-likeness (QED) is 0.906. The number of benzene rings is 1. The van der Waals surface area contributed by atoms with Gasteiger partial charge >= 0.3 is 0 Å². The zero-order valence-electron chi connectivity index (χ0n) is 12.0. The third kappa shape index (κ3) is 2.95. The van der Waals surface area contributed by atoms with E-state index < -0.39 is 0 Å². The van der Waals surface area contributed by atoms with Crippen LogP contribution in [-0.4, -0.2) is 17.4 Å². The largest absolute Gasteiger partial charge is 0.348 e. The van der Waals surface area contributed by atoms with Gasteiger partial charge in [-0.3, -0.25) is 9.78 Å². The summed E-state index contributed by atoms with van der Waals surface area (Å²) in [5.41, 5.74) is 3.35. The van der Waals surface area contributed by atoms with E-state index >= 15 is 0 Å². The summed E-state index contributed by atoms with van der Waals surface area (Å²) in [7, 11) is 0. The van der Waals surface area contributed by atoms with Gasteiger partial charge in [-0.25, -0.2) is 0 Å². The van der Waals surface area contributed by atoms with Crippen molar-refractivity contribution in [3.8, 4) is 0 Å². The third-order valence-electron chi connectivity index (χ3n) is 3.91. The van der Waals surface area contributed by atoms with Crippen LogP contribution in [0.25, 0.3) is 0 Å². The summed E-state index contributed by atoms with van der Waals surface area (Å²) < 4.78 is 0. The highest BCUT2D eigenvalue weighted by atomic mass is 16.2. The average molecular weight is 281 g/mol. The lowest BCUT2D eigenvalue weighted by molar-refractivity contribution is -0.124. The maximum atomic E-state index is 12.6. The van der Waals surface area contributed by atoms with Crippen molar-refractivity contribution >= 4 is 5.91 Å². The van der Waals surface area contributed by atoms with E-state index in [-0.39, 0.29) is 18.0 Å². The predicted octanol–water partition coefficient (Wildman–Crippen LogP) is 2.15. The Hall–Kier alpha value is -2.20. The van der Waals surface area contributed by atoms with Gasteiger partial charge in [0, 0.05) is 18.9 Å². The van der Waals surface area contributed by atoms with Gasteiger partial charge in [-0.2, -0.15) is 0 Å². The number of carbonyl (C=O) groups is 1. The minimum Gasteiger partial charge on any atom is -0.348 e. The van der Waals surface area contributed by atoms with Gasteiger partial charge in [-0.15, -0.1) is 0 Å². The SMILES string of the molecule is C[C@@H](NC(=O)C1NCCc2ccccc21)c1cccnc1. The number of nitrogens with one attached hydrogen (secondary N) is 2. The molecule has 108 valence electrons. The zero-order valence-corrected chi connectivity index (χ0v) is 12.0. The Labute approximate surface area is 124 Å². The molecule has 1 aromatic carbocycles. The molecule has 1 aromatic heterocycles. The van der Waals surface area contributed by atoms with Crippen molar-refractivity contribution < 1.29 is 4.79 Å². The Morgan fingerprint density at radius 1 is 1.33 bits per heavy atom. The van der Waals surface area contributed by atoms with Crippen molar-refractivity contribution in [3.05, 3.63) is 65.5 Å². The molecule has 2 N–H and O–H groups in total. The van der Waals surface area contributed by atoms with Crippen LogP contribution < -0.4 is 10.6 Å². The second-order valence-electron chi connectivity index (χ2n) is 5.35. The Balaban J connectivity index is 1.75. The number of fused-ring (bicyclic) bond motifs is 1. The number of carbonyl (C=O) groups excluding carboxylic acids is 1. The van der Waals surface area contributed by atoms with E-state index in [1.165, 1.54) is 5.56 Å². The Kier molecular flexibility index (Phi) is 3.97. The van der Waals surface area contributed by atoms with Crippen LogP contribution in [0.2, 0.25) is 0 Å². The van der Waals surface area contributed by atoms with Gasteiger partial charge in [0.1, 0.15) is 6.04 Å².